The summed E-state index contributed by atoms with van der Waals surface area (Å²) in [6.07, 6.45) is 5.59. The second-order valence-corrected chi connectivity index (χ2v) is 6.07. The van der Waals surface area contributed by atoms with Gasteiger partial charge in [0.1, 0.15) is 0 Å². The standard InChI is InChI=1S/C16H24N2/c1-16(9-5-6-10-16)18-12-11-17-15(13-18)14-7-3-2-4-8-14/h2-4,7-8,15,17H,5-6,9-13H2,1H3. The largest absolute Gasteiger partial charge is 0.308 e. The van der Waals surface area contributed by atoms with Crippen molar-refractivity contribution in [2.45, 2.75) is 44.2 Å². The van der Waals surface area contributed by atoms with Crippen LogP contribution >= 0.6 is 0 Å². The maximum absolute atomic E-state index is 3.66. The fraction of sp³-hybridized carbons (Fsp3) is 0.625. The molecule has 0 aromatic heterocycles. The van der Waals surface area contributed by atoms with Crippen LogP contribution < -0.4 is 5.32 Å². The van der Waals surface area contributed by atoms with Crippen molar-refractivity contribution in [3.05, 3.63) is 35.9 Å². The summed E-state index contributed by atoms with van der Waals surface area (Å²) in [5.41, 5.74) is 1.90. The minimum absolute atomic E-state index is 0.467. The zero-order valence-corrected chi connectivity index (χ0v) is 11.4. The molecule has 1 aromatic rings. The maximum atomic E-state index is 3.66. The van der Waals surface area contributed by atoms with Crippen molar-refractivity contribution in [1.82, 2.24) is 10.2 Å². The lowest BCUT2D eigenvalue weighted by molar-refractivity contribution is 0.0733. The Morgan fingerprint density at radius 3 is 2.61 bits per heavy atom. The van der Waals surface area contributed by atoms with Crippen LogP contribution in [0.2, 0.25) is 0 Å². The molecule has 3 rings (SSSR count). The summed E-state index contributed by atoms with van der Waals surface area (Å²) in [5.74, 6) is 0. The fourth-order valence-electron chi connectivity index (χ4n) is 3.60. The van der Waals surface area contributed by atoms with Gasteiger partial charge in [-0.15, -0.1) is 0 Å². The third kappa shape index (κ3) is 2.32. The lowest BCUT2D eigenvalue weighted by Gasteiger charge is -2.44. The molecule has 0 amide bonds. The van der Waals surface area contributed by atoms with Gasteiger partial charge in [0.25, 0.3) is 0 Å². The number of nitrogens with zero attached hydrogens (tertiary/aromatic N) is 1. The summed E-state index contributed by atoms with van der Waals surface area (Å²) in [5, 5.41) is 3.66. The summed E-state index contributed by atoms with van der Waals surface area (Å²) in [4.78, 5) is 2.73. The average molecular weight is 244 g/mol. The molecule has 1 atom stereocenters. The highest BCUT2D eigenvalue weighted by molar-refractivity contribution is 5.20. The predicted molar refractivity (Wildman–Crippen MR) is 75.6 cm³/mol. The molecule has 2 nitrogen and oxygen atoms in total. The Bertz CT molecular complexity index is 381. The van der Waals surface area contributed by atoms with Crippen LogP contribution in [0, 0.1) is 0 Å². The molecule has 18 heavy (non-hydrogen) atoms. The van der Waals surface area contributed by atoms with Crippen LogP contribution in [0.25, 0.3) is 0 Å². The number of nitrogens with one attached hydrogen (secondary N) is 1. The SMILES string of the molecule is CC1(N2CCNC(c3ccccc3)C2)CCCC1. The van der Waals surface area contributed by atoms with E-state index in [1.165, 1.54) is 44.3 Å². The molecule has 1 unspecified atom stereocenters. The normalized spacial score (nSPS) is 28.4. The van der Waals surface area contributed by atoms with Crippen LogP contribution in [0.5, 0.6) is 0 Å². The Morgan fingerprint density at radius 2 is 1.89 bits per heavy atom. The minimum atomic E-state index is 0.467. The lowest BCUT2D eigenvalue weighted by atomic mass is 9.94. The van der Waals surface area contributed by atoms with Crippen LogP contribution in [0.4, 0.5) is 0 Å². The van der Waals surface area contributed by atoms with Crippen molar-refractivity contribution in [2.24, 2.45) is 0 Å². The first-order valence-corrected chi connectivity index (χ1v) is 7.31. The van der Waals surface area contributed by atoms with Gasteiger partial charge in [0, 0.05) is 31.2 Å². The van der Waals surface area contributed by atoms with Gasteiger partial charge in [0.2, 0.25) is 0 Å². The second-order valence-electron chi connectivity index (χ2n) is 6.07. The Hall–Kier alpha value is -0.860. The monoisotopic (exact) mass is 244 g/mol. The van der Waals surface area contributed by atoms with Gasteiger partial charge < -0.3 is 5.32 Å². The van der Waals surface area contributed by atoms with Crippen LogP contribution in [0.1, 0.15) is 44.2 Å². The molecule has 1 heterocycles. The molecule has 1 saturated heterocycles. The molecule has 2 fully saturated rings. The molecule has 0 spiro atoms. The summed E-state index contributed by atoms with van der Waals surface area (Å²) in [6, 6.07) is 11.4. The van der Waals surface area contributed by atoms with Gasteiger partial charge in [-0.05, 0) is 25.3 Å². The van der Waals surface area contributed by atoms with Gasteiger partial charge in [-0.25, -0.2) is 0 Å². The van der Waals surface area contributed by atoms with E-state index < -0.39 is 0 Å². The summed E-state index contributed by atoms with van der Waals surface area (Å²) >= 11 is 0. The molecule has 98 valence electrons. The quantitative estimate of drug-likeness (QED) is 0.860. The third-order valence-corrected chi connectivity index (χ3v) is 4.82. The van der Waals surface area contributed by atoms with E-state index in [0.717, 1.165) is 6.54 Å². The molecule has 2 heteroatoms. The van der Waals surface area contributed by atoms with Crippen molar-refractivity contribution in [2.75, 3.05) is 19.6 Å². The highest BCUT2D eigenvalue weighted by Crippen LogP contribution is 2.36. The van der Waals surface area contributed by atoms with Crippen LogP contribution in [0.15, 0.2) is 30.3 Å². The van der Waals surface area contributed by atoms with E-state index in [1.807, 2.05) is 0 Å². The van der Waals surface area contributed by atoms with E-state index in [1.54, 1.807) is 0 Å². The van der Waals surface area contributed by atoms with Crippen molar-refractivity contribution in [3.8, 4) is 0 Å². The second kappa shape index (κ2) is 5.02. The summed E-state index contributed by atoms with van der Waals surface area (Å²) < 4.78 is 0. The first kappa shape index (κ1) is 12.2. The average Bonchev–Trinajstić information content (AvgIpc) is 2.88. The molecule has 2 aliphatic rings. The molecule has 1 N–H and O–H groups in total. The highest BCUT2D eigenvalue weighted by atomic mass is 15.3. The van der Waals surface area contributed by atoms with Gasteiger partial charge in [-0.3, -0.25) is 4.90 Å². The van der Waals surface area contributed by atoms with Crippen molar-refractivity contribution in [3.63, 3.8) is 0 Å². The molecular formula is C16H24N2. The third-order valence-electron chi connectivity index (χ3n) is 4.82. The smallest absolute Gasteiger partial charge is 0.0449 e. The van der Waals surface area contributed by atoms with Crippen molar-refractivity contribution in [1.29, 1.82) is 0 Å². The van der Waals surface area contributed by atoms with E-state index in [0.29, 0.717) is 11.6 Å². The number of hydrogen-bond acceptors (Lipinski definition) is 2. The molecule has 0 bridgehead atoms. The zero-order valence-electron chi connectivity index (χ0n) is 11.4. The van der Waals surface area contributed by atoms with E-state index >= 15 is 0 Å². The molecule has 0 radical (unpaired) electrons. The van der Waals surface area contributed by atoms with Crippen molar-refractivity contribution < 1.29 is 0 Å². The Labute approximate surface area is 110 Å². The van der Waals surface area contributed by atoms with Gasteiger partial charge in [0.05, 0.1) is 0 Å². The molecule has 1 saturated carbocycles. The molecule has 1 aliphatic carbocycles. The number of hydrogen-bond donors (Lipinski definition) is 1. The Morgan fingerprint density at radius 1 is 1.17 bits per heavy atom. The number of rotatable bonds is 2. The van der Waals surface area contributed by atoms with Crippen LogP contribution in [-0.2, 0) is 0 Å². The fourth-order valence-corrected chi connectivity index (χ4v) is 3.60. The topological polar surface area (TPSA) is 15.3 Å². The first-order valence-electron chi connectivity index (χ1n) is 7.31. The van der Waals surface area contributed by atoms with E-state index in [9.17, 15) is 0 Å². The number of benzene rings is 1. The van der Waals surface area contributed by atoms with Gasteiger partial charge in [-0.1, -0.05) is 43.2 Å². The van der Waals surface area contributed by atoms with Gasteiger partial charge >= 0.3 is 0 Å². The minimum Gasteiger partial charge on any atom is -0.308 e. The predicted octanol–water partition coefficient (Wildman–Crippen LogP) is 2.97. The van der Waals surface area contributed by atoms with E-state index in [2.05, 4.69) is 47.5 Å². The Balaban J connectivity index is 1.72. The van der Waals surface area contributed by atoms with E-state index in [4.69, 9.17) is 0 Å². The van der Waals surface area contributed by atoms with E-state index in [-0.39, 0.29) is 0 Å². The Kier molecular flexibility index (Phi) is 3.40. The summed E-state index contributed by atoms with van der Waals surface area (Å²) in [6.45, 7) is 5.96. The first-order chi connectivity index (χ1) is 8.78. The van der Waals surface area contributed by atoms with Crippen LogP contribution in [0.3, 0.4) is 0 Å². The van der Waals surface area contributed by atoms with Gasteiger partial charge in [0.15, 0.2) is 0 Å². The summed E-state index contributed by atoms with van der Waals surface area (Å²) in [7, 11) is 0. The molecule has 1 aliphatic heterocycles. The molecular weight excluding hydrogens is 220 g/mol. The van der Waals surface area contributed by atoms with Crippen molar-refractivity contribution >= 4 is 0 Å². The van der Waals surface area contributed by atoms with Crippen LogP contribution in [-0.4, -0.2) is 30.1 Å². The van der Waals surface area contributed by atoms with Gasteiger partial charge in [-0.2, -0.15) is 0 Å². The molecule has 1 aromatic carbocycles. The lowest BCUT2D eigenvalue weighted by Crippen LogP contribution is -2.54. The maximum Gasteiger partial charge on any atom is 0.0449 e. The number of piperazine rings is 1. The highest BCUT2D eigenvalue weighted by Gasteiger charge is 2.37. The zero-order chi connectivity index (χ0) is 12.4.